The Hall–Kier alpha value is -3.38. The number of rotatable bonds is 5. The van der Waals surface area contributed by atoms with Gasteiger partial charge >= 0.3 is 5.63 Å². The van der Waals surface area contributed by atoms with E-state index in [1.807, 2.05) is 49.4 Å². The first-order chi connectivity index (χ1) is 14.0. The van der Waals surface area contributed by atoms with E-state index in [4.69, 9.17) is 13.9 Å². The molecule has 2 aromatic carbocycles. The van der Waals surface area contributed by atoms with E-state index in [-0.39, 0.29) is 10.9 Å². The van der Waals surface area contributed by atoms with Crippen LogP contribution >= 0.6 is 0 Å². The molecule has 148 valence electrons. The van der Waals surface area contributed by atoms with Gasteiger partial charge < -0.3 is 18.5 Å². The van der Waals surface area contributed by atoms with Gasteiger partial charge in [-0.25, -0.2) is 4.79 Å². The minimum atomic E-state index is -0.631. The Labute approximate surface area is 166 Å². The van der Waals surface area contributed by atoms with Crippen molar-refractivity contribution in [1.29, 1.82) is 0 Å². The number of aryl methyl sites for hydroxylation is 1. The van der Waals surface area contributed by atoms with E-state index < -0.39 is 5.63 Å². The van der Waals surface area contributed by atoms with Gasteiger partial charge in [0.25, 0.3) is 5.56 Å². The first-order valence-corrected chi connectivity index (χ1v) is 9.28. The van der Waals surface area contributed by atoms with Gasteiger partial charge in [-0.1, -0.05) is 11.6 Å². The number of fused-ring (bicyclic) bond motifs is 3. The molecule has 0 bridgehead atoms. The molecule has 0 amide bonds. The van der Waals surface area contributed by atoms with E-state index in [1.54, 1.807) is 24.9 Å². The molecule has 2 aromatic heterocycles. The predicted octanol–water partition coefficient (Wildman–Crippen LogP) is 3.74. The molecular weight excluding hydrogens is 370 g/mol. The fraction of sp³-hybridized carbons (Fsp3) is 0.217. The summed E-state index contributed by atoms with van der Waals surface area (Å²) in [5.41, 5.74) is 2.01. The summed E-state index contributed by atoms with van der Waals surface area (Å²) < 4.78 is 17.4. The lowest BCUT2D eigenvalue weighted by molar-refractivity contribution is 0.187. The Kier molecular flexibility index (Phi) is 4.94. The van der Waals surface area contributed by atoms with Crippen molar-refractivity contribution >= 4 is 21.7 Å². The number of pyridine rings is 1. The molecule has 29 heavy (non-hydrogen) atoms. The molecule has 0 N–H and O–H groups in total. The van der Waals surface area contributed by atoms with E-state index in [9.17, 15) is 9.59 Å². The largest absolute Gasteiger partial charge is 0.497 e. The van der Waals surface area contributed by atoms with E-state index in [0.29, 0.717) is 29.8 Å². The van der Waals surface area contributed by atoms with Crippen LogP contribution in [0, 0.1) is 6.92 Å². The zero-order valence-corrected chi connectivity index (χ0v) is 16.5. The van der Waals surface area contributed by atoms with E-state index in [1.165, 1.54) is 0 Å². The van der Waals surface area contributed by atoms with Crippen molar-refractivity contribution in [3.8, 4) is 17.0 Å². The summed E-state index contributed by atoms with van der Waals surface area (Å²) in [6.07, 6.45) is 0. The van der Waals surface area contributed by atoms with Crippen LogP contribution in [-0.4, -0.2) is 25.4 Å². The second-order valence-electron chi connectivity index (χ2n) is 6.89. The maximum Gasteiger partial charge on any atom is 0.349 e. The third-order valence-corrected chi connectivity index (χ3v) is 5.04. The van der Waals surface area contributed by atoms with Crippen molar-refractivity contribution < 1.29 is 13.9 Å². The van der Waals surface area contributed by atoms with Gasteiger partial charge in [0.2, 0.25) is 0 Å². The number of benzene rings is 2. The SMILES string of the molecule is COCCn1c(-c2ccc(OC)cc2)cc2c(c(=O)oc3ccc(C)cc32)c1=O. The summed E-state index contributed by atoms with van der Waals surface area (Å²) in [4.78, 5) is 26.0. The maximum absolute atomic E-state index is 13.3. The molecule has 0 fully saturated rings. The van der Waals surface area contributed by atoms with Crippen LogP contribution in [0.15, 0.2) is 62.5 Å². The fourth-order valence-corrected chi connectivity index (χ4v) is 3.56. The minimum Gasteiger partial charge on any atom is -0.497 e. The molecule has 6 heteroatoms. The highest BCUT2D eigenvalue weighted by Gasteiger charge is 2.17. The van der Waals surface area contributed by atoms with Gasteiger partial charge in [-0.05, 0) is 55.0 Å². The summed E-state index contributed by atoms with van der Waals surface area (Å²) in [7, 11) is 3.18. The van der Waals surface area contributed by atoms with Gasteiger partial charge in [0.15, 0.2) is 0 Å². The number of hydrogen-bond donors (Lipinski definition) is 0. The van der Waals surface area contributed by atoms with Crippen molar-refractivity contribution in [2.75, 3.05) is 20.8 Å². The Morgan fingerprint density at radius 2 is 1.72 bits per heavy atom. The normalized spacial score (nSPS) is 11.3. The molecule has 4 aromatic rings. The van der Waals surface area contributed by atoms with Crippen LogP contribution in [0.2, 0.25) is 0 Å². The van der Waals surface area contributed by atoms with Gasteiger partial charge in [0, 0.05) is 24.4 Å². The number of nitrogens with zero attached hydrogens (tertiary/aromatic N) is 1. The second-order valence-corrected chi connectivity index (χ2v) is 6.89. The van der Waals surface area contributed by atoms with Crippen LogP contribution < -0.4 is 15.9 Å². The van der Waals surface area contributed by atoms with Crippen molar-refractivity contribution in [3.63, 3.8) is 0 Å². The van der Waals surface area contributed by atoms with Crippen molar-refractivity contribution in [2.45, 2.75) is 13.5 Å². The molecule has 0 saturated heterocycles. The Morgan fingerprint density at radius 1 is 0.966 bits per heavy atom. The quantitative estimate of drug-likeness (QED) is 0.383. The smallest absolute Gasteiger partial charge is 0.349 e. The summed E-state index contributed by atoms with van der Waals surface area (Å²) in [6, 6.07) is 14.9. The summed E-state index contributed by atoms with van der Waals surface area (Å²) in [5.74, 6) is 0.724. The molecule has 0 aliphatic carbocycles. The van der Waals surface area contributed by atoms with Crippen molar-refractivity contribution in [3.05, 3.63) is 74.9 Å². The van der Waals surface area contributed by atoms with Crippen LogP contribution in [0.25, 0.3) is 33.0 Å². The Bertz CT molecular complexity index is 1320. The van der Waals surface area contributed by atoms with Crippen LogP contribution in [0.3, 0.4) is 0 Å². The average Bonchev–Trinajstić information content (AvgIpc) is 2.73. The monoisotopic (exact) mass is 391 g/mol. The topological polar surface area (TPSA) is 70.7 Å². The lowest BCUT2D eigenvalue weighted by Crippen LogP contribution is -2.27. The first kappa shape index (κ1) is 19.0. The van der Waals surface area contributed by atoms with Crippen LogP contribution in [-0.2, 0) is 11.3 Å². The molecular formula is C23H21NO5. The molecule has 0 spiro atoms. The number of ether oxygens (including phenoxy) is 2. The van der Waals surface area contributed by atoms with E-state index in [0.717, 1.165) is 22.3 Å². The van der Waals surface area contributed by atoms with Gasteiger partial charge in [-0.2, -0.15) is 0 Å². The third kappa shape index (κ3) is 3.32. The molecule has 0 unspecified atom stereocenters. The predicted molar refractivity (Wildman–Crippen MR) is 113 cm³/mol. The minimum absolute atomic E-state index is 0.0523. The van der Waals surface area contributed by atoms with Gasteiger partial charge in [-0.15, -0.1) is 0 Å². The molecule has 6 nitrogen and oxygen atoms in total. The van der Waals surface area contributed by atoms with Gasteiger partial charge in [0.1, 0.15) is 16.7 Å². The summed E-state index contributed by atoms with van der Waals surface area (Å²) in [6.45, 7) is 2.62. The number of hydrogen-bond acceptors (Lipinski definition) is 5. The maximum atomic E-state index is 13.3. The molecule has 0 aliphatic rings. The Balaban J connectivity index is 2.11. The first-order valence-electron chi connectivity index (χ1n) is 9.28. The van der Waals surface area contributed by atoms with Crippen molar-refractivity contribution in [1.82, 2.24) is 4.57 Å². The van der Waals surface area contributed by atoms with Gasteiger partial charge in [-0.3, -0.25) is 4.79 Å². The molecule has 2 heterocycles. The Morgan fingerprint density at radius 3 is 2.41 bits per heavy atom. The fourth-order valence-electron chi connectivity index (χ4n) is 3.56. The molecule has 0 atom stereocenters. The third-order valence-electron chi connectivity index (χ3n) is 5.04. The highest BCUT2D eigenvalue weighted by Crippen LogP contribution is 2.28. The highest BCUT2D eigenvalue weighted by atomic mass is 16.5. The molecule has 4 rings (SSSR count). The summed E-state index contributed by atoms with van der Waals surface area (Å²) >= 11 is 0. The van der Waals surface area contributed by atoms with E-state index in [2.05, 4.69) is 0 Å². The zero-order valence-electron chi connectivity index (χ0n) is 16.5. The van der Waals surface area contributed by atoms with Crippen molar-refractivity contribution in [2.24, 2.45) is 0 Å². The second kappa shape index (κ2) is 7.56. The van der Waals surface area contributed by atoms with E-state index >= 15 is 0 Å². The summed E-state index contributed by atoms with van der Waals surface area (Å²) in [5, 5.41) is 1.38. The van der Waals surface area contributed by atoms with Crippen LogP contribution in [0.1, 0.15) is 5.56 Å². The number of aromatic nitrogens is 1. The average molecular weight is 391 g/mol. The van der Waals surface area contributed by atoms with Crippen LogP contribution in [0.5, 0.6) is 5.75 Å². The highest BCUT2D eigenvalue weighted by molar-refractivity contribution is 6.05. The molecule has 0 aliphatic heterocycles. The molecule has 0 radical (unpaired) electrons. The zero-order chi connectivity index (χ0) is 20.5. The standard InChI is InChI=1S/C23H21NO5/c1-14-4-9-20-17(12-14)18-13-19(15-5-7-16(28-3)8-6-15)24(10-11-27-2)22(25)21(18)23(26)29-20/h4-9,12-13H,10-11H2,1-3H3. The number of methoxy groups -OCH3 is 2. The van der Waals surface area contributed by atoms with Crippen LogP contribution in [0.4, 0.5) is 0 Å². The molecule has 0 saturated carbocycles. The van der Waals surface area contributed by atoms with Gasteiger partial charge in [0.05, 0.1) is 19.4 Å². The lowest BCUT2D eigenvalue weighted by atomic mass is 10.0. The lowest BCUT2D eigenvalue weighted by Gasteiger charge is -2.15.